The fraction of sp³-hybridized carbons (Fsp3) is 0.400. The number of amides is 2. The van der Waals surface area contributed by atoms with Crippen LogP contribution in [0.2, 0.25) is 0 Å². The third kappa shape index (κ3) is 4.05. The number of benzene rings is 1. The predicted molar refractivity (Wildman–Crippen MR) is 75.9 cm³/mol. The highest BCUT2D eigenvalue weighted by Gasteiger charge is 2.23. The van der Waals surface area contributed by atoms with Crippen molar-refractivity contribution in [2.75, 3.05) is 6.54 Å². The van der Waals surface area contributed by atoms with Gasteiger partial charge in [0.15, 0.2) is 0 Å². The average Bonchev–Trinajstić information content (AvgIpc) is 2.64. The molecule has 0 saturated carbocycles. The van der Waals surface area contributed by atoms with E-state index >= 15 is 0 Å². The van der Waals surface area contributed by atoms with Crippen LogP contribution in [0.4, 0.5) is 0 Å². The third-order valence-electron chi connectivity index (χ3n) is 3.47. The zero-order valence-electron chi connectivity index (χ0n) is 11.6. The lowest BCUT2D eigenvalue weighted by Gasteiger charge is -2.15. The molecule has 0 radical (unpaired) electrons. The normalized spacial score (nSPS) is 18.5. The molecule has 2 rings (SSSR count). The smallest absolute Gasteiger partial charge is 0.335 e. The largest absolute Gasteiger partial charge is 0.478 e. The number of hydrogen-bond donors (Lipinski definition) is 3. The molecule has 1 aromatic carbocycles. The van der Waals surface area contributed by atoms with Crippen molar-refractivity contribution in [2.45, 2.75) is 31.7 Å². The van der Waals surface area contributed by atoms with E-state index in [2.05, 4.69) is 10.6 Å². The maximum absolute atomic E-state index is 12.0. The van der Waals surface area contributed by atoms with E-state index in [1.54, 1.807) is 18.2 Å². The number of rotatable bonds is 4. The standard InChI is InChI=1S/C15H18N2O4/c18-13(17-12-7-3-4-8-16-14(12)19)9-10-5-1-2-6-11(10)15(20)21/h1-2,5-6,12H,3-4,7-9H2,(H,16,19)(H,17,18)(H,20,21)/t12-/m0/s1. The van der Waals surface area contributed by atoms with Crippen molar-refractivity contribution >= 4 is 17.8 Å². The number of aromatic carboxylic acids is 1. The first-order chi connectivity index (χ1) is 10.1. The molecule has 1 heterocycles. The summed E-state index contributed by atoms with van der Waals surface area (Å²) in [6.07, 6.45) is 2.33. The summed E-state index contributed by atoms with van der Waals surface area (Å²) in [5.74, 6) is -1.58. The first-order valence-corrected chi connectivity index (χ1v) is 6.96. The van der Waals surface area contributed by atoms with Crippen molar-refractivity contribution in [3.05, 3.63) is 35.4 Å². The van der Waals surface area contributed by atoms with Gasteiger partial charge in [-0.1, -0.05) is 18.2 Å². The lowest BCUT2D eigenvalue weighted by atomic mass is 10.0. The Bertz CT molecular complexity index is 556. The molecule has 6 heteroatoms. The highest BCUT2D eigenvalue weighted by molar-refractivity contribution is 5.93. The number of carbonyl (C=O) groups is 3. The van der Waals surface area contributed by atoms with Crippen molar-refractivity contribution in [2.24, 2.45) is 0 Å². The van der Waals surface area contributed by atoms with Crippen molar-refractivity contribution in [3.8, 4) is 0 Å². The van der Waals surface area contributed by atoms with Gasteiger partial charge in [0, 0.05) is 6.54 Å². The van der Waals surface area contributed by atoms with E-state index in [1.807, 2.05) is 0 Å². The van der Waals surface area contributed by atoms with Crippen LogP contribution in [0.25, 0.3) is 0 Å². The number of carboxylic acid groups (broad SMARTS) is 1. The number of hydrogen-bond acceptors (Lipinski definition) is 3. The molecule has 1 aliphatic rings. The Hall–Kier alpha value is -2.37. The SMILES string of the molecule is O=C(Cc1ccccc1C(=O)O)N[C@H]1CCCCNC1=O. The first-order valence-electron chi connectivity index (χ1n) is 6.96. The fourth-order valence-corrected chi connectivity index (χ4v) is 2.38. The van der Waals surface area contributed by atoms with Crippen molar-refractivity contribution in [3.63, 3.8) is 0 Å². The van der Waals surface area contributed by atoms with Crippen LogP contribution in [0.1, 0.15) is 35.2 Å². The molecule has 112 valence electrons. The predicted octanol–water partition coefficient (Wildman–Crippen LogP) is 0.712. The number of nitrogens with one attached hydrogen (secondary N) is 2. The second-order valence-corrected chi connectivity index (χ2v) is 5.05. The highest BCUT2D eigenvalue weighted by Crippen LogP contribution is 2.11. The topological polar surface area (TPSA) is 95.5 Å². The Morgan fingerprint density at radius 2 is 2.05 bits per heavy atom. The van der Waals surface area contributed by atoms with Crippen LogP contribution in [0, 0.1) is 0 Å². The summed E-state index contributed by atoms with van der Waals surface area (Å²) in [4.78, 5) is 34.9. The summed E-state index contributed by atoms with van der Waals surface area (Å²) < 4.78 is 0. The van der Waals surface area contributed by atoms with Crippen LogP contribution in [0.3, 0.4) is 0 Å². The van der Waals surface area contributed by atoms with Crippen molar-refractivity contribution in [1.29, 1.82) is 0 Å². The Morgan fingerprint density at radius 3 is 2.81 bits per heavy atom. The molecular weight excluding hydrogens is 272 g/mol. The van der Waals surface area contributed by atoms with E-state index in [0.717, 1.165) is 12.8 Å². The van der Waals surface area contributed by atoms with Crippen LogP contribution in [-0.4, -0.2) is 35.5 Å². The maximum Gasteiger partial charge on any atom is 0.335 e. The van der Waals surface area contributed by atoms with Gasteiger partial charge in [0.2, 0.25) is 11.8 Å². The maximum atomic E-state index is 12.0. The molecule has 21 heavy (non-hydrogen) atoms. The van der Waals surface area contributed by atoms with E-state index in [-0.39, 0.29) is 23.8 Å². The lowest BCUT2D eigenvalue weighted by molar-refractivity contribution is -0.128. The Morgan fingerprint density at radius 1 is 1.29 bits per heavy atom. The van der Waals surface area contributed by atoms with Crippen LogP contribution in [0.15, 0.2) is 24.3 Å². The van der Waals surface area contributed by atoms with E-state index in [9.17, 15) is 14.4 Å². The molecule has 0 unspecified atom stereocenters. The molecule has 0 bridgehead atoms. The second kappa shape index (κ2) is 6.88. The van der Waals surface area contributed by atoms with Gasteiger partial charge in [0.1, 0.15) is 6.04 Å². The monoisotopic (exact) mass is 290 g/mol. The average molecular weight is 290 g/mol. The zero-order valence-corrected chi connectivity index (χ0v) is 11.6. The van der Waals surface area contributed by atoms with Gasteiger partial charge in [-0.15, -0.1) is 0 Å². The van der Waals surface area contributed by atoms with E-state index in [1.165, 1.54) is 6.07 Å². The molecule has 0 aromatic heterocycles. The summed E-state index contributed by atoms with van der Waals surface area (Å²) in [6, 6.07) is 5.84. The molecule has 1 fully saturated rings. The molecule has 0 spiro atoms. The molecule has 1 saturated heterocycles. The van der Waals surface area contributed by atoms with E-state index in [0.29, 0.717) is 18.5 Å². The molecule has 6 nitrogen and oxygen atoms in total. The van der Waals surface area contributed by atoms with Gasteiger partial charge in [0.05, 0.1) is 12.0 Å². The Balaban J connectivity index is 2.01. The van der Waals surface area contributed by atoms with Crippen molar-refractivity contribution in [1.82, 2.24) is 10.6 Å². The van der Waals surface area contributed by atoms with Gasteiger partial charge >= 0.3 is 5.97 Å². The van der Waals surface area contributed by atoms with E-state index < -0.39 is 12.0 Å². The highest BCUT2D eigenvalue weighted by atomic mass is 16.4. The summed E-state index contributed by atoms with van der Waals surface area (Å²) in [7, 11) is 0. The van der Waals surface area contributed by atoms with Crippen LogP contribution < -0.4 is 10.6 Å². The minimum absolute atomic E-state index is 0.0494. The van der Waals surface area contributed by atoms with Crippen LogP contribution in [-0.2, 0) is 16.0 Å². The molecule has 3 N–H and O–H groups in total. The summed E-state index contributed by atoms with van der Waals surface area (Å²) >= 11 is 0. The molecule has 1 atom stereocenters. The van der Waals surface area contributed by atoms with Gasteiger partial charge in [-0.3, -0.25) is 9.59 Å². The van der Waals surface area contributed by atoms with Crippen molar-refractivity contribution < 1.29 is 19.5 Å². The van der Waals surface area contributed by atoms with Crippen LogP contribution >= 0.6 is 0 Å². The number of carboxylic acids is 1. The fourth-order valence-electron chi connectivity index (χ4n) is 2.38. The van der Waals surface area contributed by atoms with Crippen LogP contribution in [0.5, 0.6) is 0 Å². The summed E-state index contributed by atoms with van der Waals surface area (Å²) in [6.45, 7) is 0.632. The van der Waals surface area contributed by atoms with Gasteiger partial charge in [-0.25, -0.2) is 4.79 Å². The number of carbonyl (C=O) groups excluding carboxylic acids is 2. The first kappa shape index (κ1) is 15.0. The second-order valence-electron chi connectivity index (χ2n) is 5.05. The van der Waals surface area contributed by atoms with E-state index in [4.69, 9.17) is 5.11 Å². The van der Waals surface area contributed by atoms with Gasteiger partial charge in [0.25, 0.3) is 0 Å². The third-order valence-corrected chi connectivity index (χ3v) is 3.47. The Labute approximate surface area is 122 Å². The molecule has 1 aliphatic heterocycles. The van der Waals surface area contributed by atoms with Gasteiger partial charge in [-0.05, 0) is 30.9 Å². The quantitative estimate of drug-likeness (QED) is 0.761. The minimum Gasteiger partial charge on any atom is -0.478 e. The van der Waals surface area contributed by atoms with Gasteiger partial charge in [-0.2, -0.15) is 0 Å². The lowest BCUT2D eigenvalue weighted by Crippen LogP contribution is -2.46. The van der Waals surface area contributed by atoms with Gasteiger partial charge < -0.3 is 15.7 Å². The molecule has 0 aliphatic carbocycles. The summed E-state index contributed by atoms with van der Waals surface area (Å²) in [5.41, 5.74) is 0.550. The zero-order chi connectivity index (χ0) is 15.2. The molecule has 1 aromatic rings. The molecular formula is C15H18N2O4. The molecule has 2 amide bonds. The summed E-state index contributed by atoms with van der Waals surface area (Å²) in [5, 5.41) is 14.5. The Kier molecular flexibility index (Phi) is 4.92. The minimum atomic E-state index is -1.06.